The maximum absolute atomic E-state index is 12.9. The van der Waals surface area contributed by atoms with Crippen molar-refractivity contribution in [1.82, 2.24) is 4.98 Å². The number of hydrogen-bond donors (Lipinski definition) is 0. The fourth-order valence-corrected chi connectivity index (χ4v) is 3.33. The smallest absolute Gasteiger partial charge is 0.340 e. The van der Waals surface area contributed by atoms with Gasteiger partial charge in [-0.3, -0.25) is 4.98 Å². The molecule has 0 spiro atoms. The van der Waals surface area contributed by atoms with Gasteiger partial charge in [0, 0.05) is 5.56 Å². The topological polar surface area (TPSA) is 84.0 Å². The molecular weight excluding hydrogens is 398 g/mol. The number of rotatable bonds is 9. The van der Waals surface area contributed by atoms with Crippen molar-refractivity contribution >= 4 is 11.9 Å². The molecule has 1 aromatic heterocycles. The maximum atomic E-state index is 12.9. The minimum absolute atomic E-state index is 0.0411. The monoisotopic (exact) mass is 429 g/mol. The van der Waals surface area contributed by atoms with E-state index in [-0.39, 0.29) is 30.4 Å². The zero-order valence-electron chi connectivity index (χ0n) is 19.3. The van der Waals surface area contributed by atoms with Crippen molar-refractivity contribution in [2.75, 3.05) is 19.8 Å². The predicted molar refractivity (Wildman–Crippen MR) is 118 cm³/mol. The van der Waals surface area contributed by atoms with Gasteiger partial charge in [0.15, 0.2) is 11.5 Å². The van der Waals surface area contributed by atoms with Gasteiger partial charge in [-0.25, -0.2) is 9.59 Å². The third-order valence-electron chi connectivity index (χ3n) is 4.41. The van der Waals surface area contributed by atoms with Crippen LogP contribution in [-0.4, -0.2) is 42.8 Å². The molecule has 168 valence electrons. The number of pyridine rings is 1. The van der Waals surface area contributed by atoms with E-state index in [2.05, 4.69) is 4.98 Å². The second-order valence-corrected chi connectivity index (χ2v) is 7.11. The van der Waals surface area contributed by atoms with Crippen LogP contribution < -0.4 is 9.47 Å². The first-order chi connectivity index (χ1) is 14.7. The zero-order valence-corrected chi connectivity index (χ0v) is 19.3. The van der Waals surface area contributed by atoms with E-state index in [1.54, 1.807) is 45.9 Å². The van der Waals surface area contributed by atoms with E-state index in [1.165, 1.54) is 0 Å². The van der Waals surface area contributed by atoms with E-state index < -0.39 is 11.9 Å². The Balaban J connectivity index is 2.84. The second-order valence-electron chi connectivity index (χ2n) is 7.11. The minimum Gasteiger partial charge on any atom is -0.490 e. The summed E-state index contributed by atoms with van der Waals surface area (Å²) in [5.74, 6) is 0.00550. The minimum atomic E-state index is -0.548. The summed E-state index contributed by atoms with van der Waals surface area (Å²) in [7, 11) is 0. The molecule has 31 heavy (non-hydrogen) atoms. The Labute approximate surface area is 183 Å². The van der Waals surface area contributed by atoms with Crippen LogP contribution in [0, 0.1) is 13.8 Å². The van der Waals surface area contributed by atoms with E-state index in [1.807, 2.05) is 20.8 Å². The zero-order chi connectivity index (χ0) is 23.1. The molecule has 0 aliphatic carbocycles. The molecule has 1 heterocycles. The molecule has 7 nitrogen and oxygen atoms in total. The van der Waals surface area contributed by atoms with Crippen LogP contribution in [0.2, 0.25) is 0 Å². The predicted octanol–water partition coefficient (Wildman–Crippen LogP) is 4.90. The summed E-state index contributed by atoms with van der Waals surface area (Å²) >= 11 is 0. The molecule has 0 atom stereocenters. The summed E-state index contributed by atoms with van der Waals surface area (Å²) in [6.07, 6.45) is -0.0411. The SMILES string of the molecule is CCOC(=O)c1c(C)nc(C)c(C(=O)OCC)c1-c1ccc(OC(C)C)c(OCC)c1. The van der Waals surface area contributed by atoms with Crippen LogP contribution in [0.4, 0.5) is 0 Å². The lowest BCUT2D eigenvalue weighted by Crippen LogP contribution is -2.17. The van der Waals surface area contributed by atoms with Crippen LogP contribution in [0.3, 0.4) is 0 Å². The number of ether oxygens (including phenoxy) is 4. The molecule has 0 N–H and O–H groups in total. The lowest BCUT2D eigenvalue weighted by atomic mass is 9.92. The fraction of sp³-hybridized carbons (Fsp3) is 0.458. The van der Waals surface area contributed by atoms with E-state index >= 15 is 0 Å². The number of nitrogens with zero attached hydrogens (tertiary/aromatic N) is 1. The highest BCUT2D eigenvalue weighted by Gasteiger charge is 2.28. The molecule has 0 saturated carbocycles. The molecule has 0 saturated heterocycles. The molecule has 0 unspecified atom stereocenters. The van der Waals surface area contributed by atoms with Gasteiger partial charge in [0.05, 0.1) is 48.4 Å². The van der Waals surface area contributed by atoms with Gasteiger partial charge >= 0.3 is 11.9 Å². The number of esters is 2. The Morgan fingerprint density at radius 1 is 0.871 bits per heavy atom. The van der Waals surface area contributed by atoms with Crippen molar-refractivity contribution in [3.8, 4) is 22.6 Å². The van der Waals surface area contributed by atoms with Gasteiger partial charge in [-0.05, 0) is 66.2 Å². The molecule has 0 bridgehead atoms. The highest BCUT2D eigenvalue weighted by molar-refractivity contribution is 6.07. The van der Waals surface area contributed by atoms with Gasteiger partial charge in [-0.15, -0.1) is 0 Å². The fourth-order valence-electron chi connectivity index (χ4n) is 3.33. The van der Waals surface area contributed by atoms with Crippen molar-refractivity contribution in [1.29, 1.82) is 0 Å². The third kappa shape index (κ3) is 5.54. The summed E-state index contributed by atoms with van der Waals surface area (Å²) in [5, 5.41) is 0. The second kappa shape index (κ2) is 10.8. The Hall–Kier alpha value is -3.09. The number of aryl methyl sites for hydroxylation is 2. The molecule has 1 aromatic carbocycles. The van der Waals surface area contributed by atoms with Gasteiger partial charge in [0.2, 0.25) is 0 Å². The van der Waals surface area contributed by atoms with Crippen LogP contribution in [0.25, 0.3) is 11.1 Å². The van der Waals surface area contributed by atoms with Crippen molar-refractivity contribution in [3.05, 3.63) is 40.7 Å². The number of benzene rings is 1. The normalized spacial score (nSPS) is 10.7. The summed E-state index contributed by atoms with van der Waals surface area (Å²) in [6.45, 7) is 13.5. The van der Waals surface area contributed by atoms with E-state index in [0.717, 1.165) is 0 Å². The van der Waals surface area contributed by atoms with Crippen molar-refractivity contribution in [2.24, 2.45) is 0 Å². The van der Waals surface area contributed by atoms with Gasteiger partial charge < -0.3 is 18.9 Å². The van der Waals surface area contributed by atoms with Gasteiger partial charge in [0.25, 0.3) is 0 Å². The van der Waals surface area contributed by atoms with Gasteiger partial charge in [-0.2, -0.15) is 0 Å². The van der Waals surface area contributed by atoms with Crippen molar-refractivity contribution in [3.63, 3.8) is 0 Å². The Morgan fingerprint density at radius 2 is 1.42 bits per heavy atom. The van der Waals surface area contributed by atoms with E-state index in [9.17, 15) is 9.59 Å². The molecule has 2 rings (SSSR count). The summed E-state index contributed by atoms with van der Waals surface area (Å²) in [4.78, 5) is 30.1. The molecule has 0 aliphatic rings. The summed E-state index contributed by atoms with van der Waals surface area (Å²) in [6, 6.07) is 5.33. The molecule has 0 amide bonds. The molecule has 0 aliphatic heterocycles. The van der Waals surface area contributed by atoms with E-state index in [0.29, 0.717) is 40.6 Å². The highest BCUT2D eigenvalue weighted by Crippen LogP contribution is 2.38. The largest absolute Gasteiger partial charge is 0.490 e. The molecule has 2 aromatic rings. The maximum Gasteiger partial charge on any atom is 0.340 e. The average Bonchev–Trinajstić information content (AvgIpc) is 2.68. The Bertz CT molecular complexity index is 909. The quantitative estimate of drug-likeness (QED) is 0.524. The van der Waals surface area contributed by atoms with Crippen LogP contribution in [0.5, 0.6) is 11.5 Å². The summed E-state index contributed by atoms with van der Waals surface area (Å²) in [5.41, 5.74) is 2.43. The first-order valence-electron chi connectivity index (χ1n) is 10.5. The molecule has 7 heteroatoms. The lowest BCUT2D eigenvalue weighted by Gasteiger charge is -2.20. The molecule has 0 radical (unpaired) electrons. The standard InChI is InChI=1S/C24H31NO6/c1-8-28-19-13-17(11-12-18(19)31-14(4)5)22-20(23(26)29-9-2)15(6)25-16(7)21(22)24(27)30-10-3/h11-14H,8-10H2,1-7H3. The highest BCUT2D eigenvalue weighted by atomic mass is 16.5. The first-order valence-corrected chi connectivity index (χ1v) is 10.5. The Kier molecular flexibility index (Phi) is 8.42. The Morgan fingerprint density at radius 3 is 1.87 bits per heavy atom. The van der Waals surface area contributed by atoms with Crippen LogP contribution in [0.15, 0.2) is 18.2 Å². The molecule has 0 fully saturated rings. The number of carbonyl (C=O) groups is 2. The van der Waals surface area contributed by atoms with Crippen LogP contribution >= 0.6 is 0 Å². The number of aromatic nitrogens is 1. The summed E-state index contributed by atoms with van der Waals surface area (Å²) < 4.78 is 22.2. The van der Waals surface area contributed by atoms with Crippen LogP contribution in [0.1, 0.15) is 66.7 Å². The molecular formula is C24H31NO6. The van der Waals surface area contributed by atoms with Crippen LogP contribution in [-0.2, 0) is 9.47 Å². The van der Waals surface area contributed by atoms with Crippen molar-refractivity contribution in [2.45, 2.75) is 54.6 Å². The van der Waals surface area contributed by atoms with E-state index in [4.69, 9.17) is 18.9 Å². The lowest BCUT2D eigenvalue weighted by molar-refractivity contribution is 0.0525. The van der Waals surface area contributed by atoms with Crippen molar-refractivity contribution < 1.29 is 28.5 Å². The third-order valence-corrected chi connectivity index (χ3v) is 4.41. The van der Waals surface area contributed by atoms with Gasteiger partial charge in [-0.1, -0.05) is 6.07 Å². The first kappa shape index (κ1) is 24.2. The number of hydrogen-bond acceptors (Lipinski definition) is 7. The number of carbonyl (C=O) groups excluding carboxylic acids is 2. The van der Waals surface area contributed by atoms with Gasteiger partial charge in [0.1, 0.15) is 0 Å². The average molecular weight is 430 g/mol.